The minimum absolute atomic E-state index is 0.0496. The first-order chi connectivity index (χ1) is 11.2. The monoisotopic (exact) mass is 321 g/mol. The van der Waals surface area contributed by atoms with Crippen LogP contribution in [0.2, 0.25) is 0 Å². The summed E-state index contributed by atoms with van der Waals surface area (Å²) in [7, 11) is 1.73. The van der Waals surface area contributed by atoms with Gasteiger partial charge in [0.25, 0.3) is 0 Å². The summed E-state index contributed by atoms with van der Waals surface area (Å²) in [5.74, 6) is 0.642. The van der Waals surface area contributed by atoms with Crippen molar-refractivity contribution in [2.45, 2.75) is 31.9 Å². The summed E-state index contributed by atoms with van der Waals surface area (Å²) in [6.45, 7) is 4.17. The van der Waals surface area contributed by atoms with Gasteiger partial charge in [-0.15, -0.1) is 0 Å². The summed E-state index contributed by atoms with van der Waals surface area (Å²) in [5, 5.41) is 2.93. The molecule has 0 spiro atoms. The summed E-state index contributed by atoms with van der Waals surface area (Å²) >= 11 is 0. The van der Waals surface area contributed by atoms with Gasteiger partial charge < -0.3 is 20.5 Å². The first-order valence-corrected chi connectivity index (χ1v) is 8.16. The van der Waals surface area contributed by atoms with Gasteiger partial charge in [-0.2, -0.15) is 0 Å². The van der Waals surface area contributed by atoms with Gasteiger partial charge in [0.05, 0.1) is 24.9 Å². The van der Waals surface area contributed by atoms with Crippen molar-refractivity contribution in [2.24, 2.45) is 5.73 Å². The van der Waals surface area contributed by atoms with Crippen molar-refractivity contribution in [3.05, 3.63) is 24.3 Å². The normalized spacial score (nSPS) is 21.9. The van der Waals surface area contributed by atoms with Crippen molar-refractivity contribution in [1.29, 1.82) is 0 Å². The Bertz CT molecular complexity index is 510. The van der Waals surface area contributed by atoms with Gasteiger partial charge in [-0.05, 0) is 31.9 Å². The van der Waals surface area contributed by atoms with Gasteiger partial charge in [-0.3, -0.25) is 9.69 Å². The number of ether oxygens (including phenoxy) is 2. The highest BCUT2D eigenvalue weighted by Gasteiger charge is 2.28. The maximum atomic E-state index is 12.4. The lowest BCUT2D eigenvalue weighted by Gasteiger charge is -2.37. The number of carbonyl (C=O) groups is 1. The number of nitrogens with one attached hydrogen (secondary N) is 1. The lowest BCUT2D eigenvalue weighted by Crippen LogP contribution is -2.50. The number of piperidine rings is 1. The van der Waals surface area contributed by atoms with Gasteiger partial charge in [0.1, 0.15) is 5.75 Å². The van der Waals surface area contributed by atoms with Gasteiger partial charge in [-0.25, -0.2) is 0 Å². The number of anilines is 1. The molecule has 1 aromatic rings. The van der Waals surface area contributed by atoms with Crippen LogP contribution in [0.4, 0.5) is 5.69 Å². The van der Waals surface area contributed by atoms with E-state index < -0.39 is 0 Å². The summed E-state index contributed by atoms with van der Waals surface area (Å²) in [5.41, 5.74) is 6.56. The Labute approximate surface area is 137 Å². The van der Waals surface area contributed by atoms with Crippen LogP contribution in [-0.2, 0) is 9.53 Å². The fourth-order valence-corrected chi connectivity index (χ4v) is 2.96. The smallest absolute Gasteiger partial charge is 0.238 e. The molecule has 2 rings (SSSR count). The Kier molecular flexibility index (Phi) is 6.83. The third-order valence-corrected chi connectivity index (χ3v) is 4.20. The van der Waals surface area contributed by atoms with E-state index in [0.717, 1.165) is 19.4 Å². The van der Waals surface area contributed by atoms with E-state index in [9.17, 15) is 4.79 Å². The van der Waals surface area contributed by atoms with Crippen LogP contribution in [0, 0.1) is 0 Å². The molecule has 0 aliphatic carbocycles. The molecule has 128 valence electrons. The number of rotatable bonds is 7. The van der Waals surface area contributed by atoms with Crippen LogP contribution in [0.5, 0.6) is 5.75 Å². The molecule has 6 heteroatoms. The Morgan fingerprint density at radius 1 is 1.43 bits per heavy atom. The highest BCUT2D eigenvalue weighted by atomic mass is 16.5. The zero-order valence-corrected chi connectivity index (χ0v) is 14.0. The average molecular weight is 321 g/mol. The minimum Gasteiger partial charge on any atom is -0.492 e. The second-order valence-electron chi connectivity index (χ2n) is 5.72. The van der Waals surface area contributed by atoms with Crippen molar-refractivity contribution < 1.29 is 14.3 Å². The highest BCUT2D eigenvalue weighted by molar-refractivity contribution is 5.93. The van der Waals surface area contributed by atoms with Gasteiger partial charge in [-0.1, -0.05) is 12.1 Å². The van der Waals surface area contributed by atoms with Crippen LogP contribution in [0.3, 0.4) is 0 Å². The van der Waals surface area contributed by atoms with Crippen LogP contribution in [-0.4, -0.2) is 56.3 Å². The zero-order chi connectivity index (χ0) is 16.7. The Hall–Kier alpha value is -1.63. The number of carbonyl (C=O) groups excluding carboxylic acids is 1. The molecular formula is C17H27N3O3. The lowest BCUT2D eigenvalue weighted by atomic mass is 9.99. The zero-order valence-electron chi connectivity index (χ0n) is 14.0. The van der Waals surface area contributed by atoms with Crippen molar-refractivity contribution in [3.8, 4) is 5.75 Å². The summed E-state index contributed by atoms with van der Waals surface area (Å²) in [4.78, 5) is 14.5. The quantitative estimate of drug-likeness (QED) is 0.795. The molecule has 1 aromatic carbocycles. The molecular weight excluding hydrogens is 294 g/mol. The van der Waals surface area contributed by atoms with E-state index >= 15 is 0 Å². The largest absolute Gasteiger partial charge is 0.492 e. The predicted octanol–water partition coefficient (Wildman–Crippen LogP) is 1.46. The molecule has 0 radical (unpaired) electrons. The molecule has 1 saturated heterocycles. The van der Waals surface area contributed by atoms with Gasteiger partial charge in [0, 0.05) is 26.2 Å². The van der Waals surface area contributed by atoms with E-state index in [4.69, 9.17) is 15.2 Å². The molecule has 0 bridgehead atoms. The van der Waals surface area contributed by atoms with Crippen LogP contribution in [0.1, 0.15) is 19.8 Å². The van der Waals surface area contributed by atoms with Gasteiger partial charge in [0.2, 0.25) is 5.91 Å². The van der Waals surface area contributed by atoms with Crippen LogP contribution >= 0.6 is 0 Å². The predicted molar refractivity (Wildman–Crippen MR) is 90.7 cm³/mol. The van der Waals surface area contributed by atoms with Gasteiger partial charge in [0.15, 0.2) is 0 Å². The Morgan fingerprint density at radius 2 is 2.22 bits per heavy atom. The number of nitrogens with zero attached hydrogens (tertiary/aromatic N) is 1. The van der Waals surface area contributed by atoms with Crippen LogP contribution in [0.25, 0.3) is 0 Å². The standard InChI is InChI=1S/C17H27N3O3/c1-3-23-16-7-5-4-6-15(16)19-17(21)12-20-9-8-14(22-2)10-13(20)11-18/h4-7,13-14H,3,8-12,18H2,1-2H3,(H,19,21). The van der Waals surface area contributed by atoms with Crippen molar-refractivity contribution in [1.82, 2.24) is 4.90 Å². The van der Waals surface area contributed by atoms with Crippen LogP contribution < -0.4 is 15.8 Å². The SMILES string of the molecule is CCOc1ccccc1NC(=O)CN1CCC(OC)CC1CN. The Balaban J connectivity index is 1.94. The molecule has 1 amide bonds. The summed E-state index contributed by atoms with van der Waals surface area (Å²) in [6.07, 6.45) is 2.03. The number of para-hydroxylation sites is 2. The molecule has 3 N–H and O–H groups in total. The maximum absolute atomic E-state index is 12.4. The van der Waals surface area contributed by atoms with E-state index in [2.05, 4.69) is 10.2 Å². The average Bonchev–Trinajstić information content (AvgIpc) is 2.57. The number of benzene rings is 1. The van der Waals surface area contributed by atoms with Gasteiger partial charge >= 0.3 is 0 Å². The number of amides is 1. The second kappa shape index (κ2) is 8.86. The molecule has 2 unspecified atom stereocenters. The van der Waals surface area contributed by atoms with E-state index in [0.29, 0.717) is 31.1 Å². The number of hydrogen-bond donors (Lipinski definition) is 2. The number of methoxy groups -OCH3 is 1. The first kappa shape index (κ1) is 17.7. The van der Waals surface area contributed by atoms with E-state index in [1.165, 1.54) is 0 Å². The van der Waals surface area contributed by atoms with Crippen molar-refractivity contribution in [3.63, 3.8) is 0 Å². The minimum atomic E-state index is -0.0496. The number of nitrogens with two attached hydrogens (primary N) is 1. The third kappa shape index (κ3) is 4.92. The molecule has 23 heavy (non-hydrogen) atoms. The Morgan fingerprint density at radius 3 is 2.91 bits per heavy atom. The molecule has 1 heterocycles. The van der Waals surface area contributed by atoms with E-state index in [1.54, 1.807) is 7.11 Å². The first-order valence-electron chi connectivity index (χ1n) is 8.16. The van der Waals surface area contributed by atoms with E-state index in [1.807, 2.05) is 31.2 Å². The number of likely N-dealkylation sites (tertiary alicyclic amines) is 1. The third-order valence-electron chi connectivity index (χ3n) is 4.20. The summed E-state index contributed by atoms with van der Waals surface area (Å²) < 4.78 is 10.9. The maximum Gasteiger partial charge on any atom is 0.238 e. The van der Waals surface area contributed by atoms with Crippen molar-refractivity contribution in [2.75, 3.05) is 38.7 Å². The molecule has 6 nitrogen and oxygen atoms in total. The highest BCUT2D eigenvalue weighted by Crippen LogP contribution is 2.24. The molecule has 0 saturated carbocycles. The summed E-state index contributed by atoms with van der Waals surface area (Å²) in [6, 6.07) is 7.65. The molecule has 1 fully saturated rings. The lowest BCUT2D eigenvalue weighted by molar-refractivity contribution is -0.118. The van der Waals surface area contributed by atoms with E-state index in [-0.39, 0.29) is 18.1 Å². The molecule has 1 aliphatic rings. The number of hydrogen-bond acceptors (Lipinski definition) is 5. The molecule has 1 aliphatic heterocycles. The second-order valence-corrected chi connectivity index (χ2v) is 5.72. The topological polar surface area (TPSA) is 76.8 Å². The fraction of sp³-hybridized carbons (Fsp3) is 0.588. The van der Waals surface area contributed by atoms with Crippen molar-refractivity contribution >= 4 is 11.6 Å². The molecule has 0 aromatic heterocycles. The molecule has 2 atom stereocenters. The van der Waals surface area contributed by atoms with Crippen LogP contribution in [0.15, 0.2) is 24.3 Å². The fourth-order valence-electron chi connectivity index (χ4n) is 2.96.